The molecule has 8 nitrogen and oxygen atoms in total. The van der Waals surface area contributed by atoms with Gasteiger partial charge in [0.25, 0.3) is 10.0 Å². The Morgan fingerprint density at radius 1 is 1.19 bits per heavy atom. The third-order valence-electron chi connectivity index (χ3n) is 4.24. The normalized spacial score (nSPS) is 10.8. The van der Waals surface area contributed by atoms with E-state index in [0.29, 0.717) is 11.3 Å². The second kappa shape index (κ2) is 9.21. The van der Waals surface area contributed by atoms with E-state index in [4.69, 9.17) is 21.6 Å². The van der Waals surface area contributed by atoms with E-state index in [-0.39, 0.29) is 38.6 Å². The monoisotopic (exact) mass is 474 g/mol. The van der Waals surface area contributed by atoms with Crippen molar-refractivity contribution < 1.29 is 22.3 Å². The number of nitrogens with one attached hydrogen (secondary N) is 2. The summed E-state index contributed by atoms with van der Waals surface area (Å²) in [6.07, 6.45) is 0. The molecule has 2 N–H and O–H groups in total. The van der Waals surface area contributed by atoms with Gasteiger partial charge in [0.1, 0.15) is 11.8 Å². The van der Waals surface area contributed by atoms with Crippen molar-refractivity contribution in [2.75, 3.05) is 17.1 Å². The van der Waals surface area contributed by atoms with E-state index >= 15 is 0 Å². The zero-order valence-electron chi connectivity index (χ0n) is 16.8. The Bertz CT molecular complexity index is 1360. The summed E-state index contributed by atoms with van der Waals surface area (Å²) < 4.78 is 46.7. The fourth-order valence-corrected chi connectivity index (χ4v) is 4.17. The second-order valence-electron chi connectivity index (χ2n) is 6.48. The van der Waals surface area contributed by atoms with E-state index in [1.807, 2.05) is 0 Å². The van der Waals surface area contributed by atoms with Crippen LogP contribution in [0.25, 0.3) is 11.3 Å². The average molecular weight is 475 g/mol. The molecule has 0 aliphatic rings. The van der Waals surface area contributed by atoms with Gasteiger partial charge in [-0.3, -0.25) is 9.52 Å². The van der Waals surface area contributed by atoms with Crippen molar-refractivity contribution in [3.8, 4) is 23.1 Å². The maximum Gasteiger partial charge on any atom is 0.261 e. The number of hydrogen-bond acceptors (Lipinski definition) is 6. The number of benzene rings is 2. The Morgan fingerprint density at radius 2 is 1.94 bits per heavy atom. The highest BCUT2D eigenvalue weighted by atomic mass is 35.5. The number of halogens is 2. The lowest BCUT2D eigenvalue weighted by molar-refractivity contribution is -0.114. The molecule has 1 amide bonds. The molecule has 0 saturated carbocycles. The first kappa shape index (κ1) is 23.0. The van der Waals surface area contributed by atoms with Crippen LogP contribution >= 0.6 is 11.6 Å². The lowest BCUT2D eigenvalue weighted by Gasteiger charge is -2.13. The third-order valence-corrected chi connectivity index (χ3v) is 5.93. The molecule has 0 radical (unpaired) electrons. The van der Waals surface area contributed by atoms with Gasteiger partial charge < -0.3 is 10.1 Å². The van der Waals surface area contributed by atoms with Gasteiger partial charge in [0, 0.05) is 12.5 Å². The second-order valence-corrected chi connectivity index (χ2v) is 8.57. The molecule has 0 bridgehead atoms. The largest absolute Gasteiger partial charge is 0.495 e. The first-order valence-corrected chi connectivity index (χ1v) is 10.9. The van der Waals surface area contributed by atoms with Crippen molar-refractivity contribution in [1.82, 2.24) is 4.98 Å². The minimum atomic E-state index is -4.03. The van der Waals surface area contributed by atoms with Crippen molar-refractivity contribution in [2.45, 2.75) is 11.8 Å². The molecule has 32 heavy (non-hydrogen) atoms. The molecule has 0 atom stereocenters. The average Bonchev–Trinajstić information content (AvgIpc) is 2.73. The van der Waals surface area contributed by atoms with Crippen molar-refractivity contribution in [1.29, 1.82) is 5.26 Å². The zero-order chi connectivity index (χ0) is 23.5. The molecule has 0 unspecified atom stereocenters. The van der Waals surface area contributed by atoms with Crippen LogP contribution in [0.5, 0.6) is 5.75 Å². The zero-order valence-corrected chi connectivity index (χ0v) is 18.4. The van der Waals surface area contributed by atoms with Crippen LogP contribution < -0.4 is 14.8 Å². The fraction of sp³-hybridized carbons (Fsp3) is 0.0952. The summed E-state index contributed by atoms with van der Waals surface area (Å²) in [5.41, 5.74) is 0.643. The summed E-state index contributed by atoms with van der Waals surface area (Å²) >= 11 is 6.28. The van der Waals surface area contributed by atoms with E-state index in [0.717, 1.165) is 6.07 Å². The fourth-order valence-electron chi connectivity index (χ4n) is 2.81. The van der Waals surface area contributed by atoms with Crippen LogP contribution in [0.3, 0.4) is 0 Å². The molecule has 0 spiro atoms. The van der Waals surface area contributed by atoms with Crippen LogP contribution in [-0.2, 0) is 14.8 Å². The Kier molecular flexibility index (Phi) is 6.62. The van der Waals surface area contributed by atoms with Gasteiger partial charge >= 0.3 is 0 Å². The van der Waals surface area contributed by atoms with Crippen LogP contribution in [0.2, 0.25) is 5.02 Å². The van der Waals surface area contributed by atoms with Gasteiger partial charge in [0.2, 0.25) is 5.91 Å². The number of rotatable bonds is 6. The number of aromatic nitrogens is 1. The number of anilines is 2. The maximum absolute atomic E-state index is 13.5. The lowest BCUT2D eigenvalue weighted by atomic mass is 10.1. The first-order valence-electron chi connectivity index (χ1n) is 8.99. The predicted octanol–water partition coefficient (Wildman–Crippen LogP) is 4.18. The highest BCUT2D eigenvalue weighted by molar-refractivity contribution is 7.92. The minimum absolute atomic E-state index is 0.110. The minimum Gasteiger partial charge on any atom is -0.495 e. The Hall–Kier alpha value is -3.68. The summed E-state index contributed by atoms with van der Waals surface area (Å²) in [5, 5.41) is 11.6. The van der Waals surface area contributed by atoms with Gasteiger partial charge in [-0.15, -0.1) is 0 Å². The topological polar surface area (TPSA) is 121 Å². The molecule has 1 heterocycles. The number of nitrogens with zero attached hydrogens (tertiary/aromatic N) is 2. The molecule has 2 aromatic carbocycles. The predicted molar refractivity (Wildman–Crippen MR) is 117 cm³/mol. The molecule has 0 aliphatic heterocycles. The van der Waals surface area contributed by atoms with E-state index in [9.17, 15) is 17.6 Å². The number of amides is 1. The third kappa shape index (κ3) is 4.96. The number of pyridine rings is 1. The summed E-state index contributed by atoms with van der Waals surface area (Å²) in [6, 6.07) is 12.4. The number of methoxy groups -OCH3 is 1. The number of sulfonamides is 1. The summed E-state index contributed by atoms with van der Waals surface area (Å²) in [6.45, 7) is 1.29. The molecule has 0 aliphatic carbocycles. The van der Waals surface area contributed by atoms with Crippen molar-refractivity contribution in [3.05, 3.63) is 65.1 Å². The van der Waals surface area contributed by atoms with E-state index < -0.39 is 15.8 Å². The van der Waals surface area contributed by atoms with E-state index in [1.165, 1.54) is 56.5 Å². The SMILES string of the molecule is COc1ccc(S(=O)(=O)Nc2ccc(-c3ccc(F)c(C#N)n3)c(Cl)c2)cc1NC(C)=O. The summed E-state index contributed by atoms with van der Waals surface area (Å²) in [7, 11) is -2.64. The van der Waals surface area contributed by atoms with Gasteiger partial charge in [-0.2, -0.15) is 5.26 Å². The molecule has 11 heteroatoms. The molecule has 164 valence electrons. The van der Waals surface area contributed by atoms with E-state index in [2.05, 4.69) is 15.0 Å². The number of carbonyl (C=O) groups is 1. The molecule has 0 fully saturated rings. The number of carbonyl (C=O) groups excluding carboxylic acids is 1. The van der Waals surface area contributed by atoms with Crippen LogP contribution in [0.4, 0.5) is 15.8 Å². The Morgan fingerprint density at radius 3 is 2.56 bits per heavy atom. The highest BCUT2D eigenvalue weighted by Gasteiger charge is 2.18. The van der Waals surface area contributed by atoms with Gasteiger partial charge in [-0.1, -0.05) is 11.6 Å². The van der Waals surface area contributed by atoms with Crippen molar-refractivity contribution >= 4 is 38.9 Å². The number of nitriles is 1. The highest BCUT2D eigenvalue weighted by Crippen LogP contribution is 2.32. The van der Waals surface area contributed by atoms with Crippen LogP contribution in [-0.4, -0.2) is 26.4 Å². The van der Waals surface area contributed by atoms with Gasteiger partial charge in [0.05, 0.1) is 34.1 Å². The molecule has 1 aromatic heterocycles. The molecular weight excluding hydrogens is 459 g/mol. The Balaban J connectivity index is 1.91. The maximum atomic E-state index is 13.5. The smallest absolute Gasteiger partial charge is 0.261 e. The standard InChI is InChI=1S/C21H16ClFN4O4S/c1-12(28)25-19-10-14(4-8-21(19)31-2)32(29,30)27-13-3-5-15(16(22)9-13)18-7-6-17(23)20(11-24)26-18/h3-10,27H,1-2H3,(H,25,28). The van der Waals surface area contributed by atoms with Crippen LogP contribution in [0.1, 0.15) is 12.6 Å². The molecule has 3 rings (SSSR count). The number of ether oxygens (including phenoxy) is 1. The lowest BCUT2D eigenvalue weighted by Crippen LogP contribution is -2.14. The quantitative estimate of drug-likeness (QED) is 0.552. The summed E-state index contributed by atoms with van der Waals surface area (Å²) in [5.74, 6) is -0.841. The van der Waals surface area contributed by atoms with Crippen LogP contribution in [0.15, 0.2) is 53.4 Å². The van der Waals surface area contributed by atoms with Gasteiger partial charge in [-0.25, -0.2) is 17.8 Å². The van der Waals surface area contributed by atoms with Gasteiger partial charge in [-0.05, 0) is 48.5 Å². The number of hydrogen-bond donors (Lipinski definition) is 2. The van der Waals surface area contributed by atoms with Crippen LogP contribution in [0, 0.1) is 17.1 Å². The van der Waals surface area contributed by atoms with Gasteiger partial charge in [0.15, 0.2) is 11.5 Å². The Labute approximate surface area is 188 Å². The van der Waals surface area contributed by atoms with Crippen molar-refractivity contribution in [2.24, 2.45) is 0 Å². The van der Waals surface area contributed by atoms with E-state index in [1.54, 1.807) is 6.07 Å². The molecular formula is C21H16ClFN4O4S. The first-order chi connectivity index (χ1) is 15.1. The van der Waals surface area contributed by atoms with Crippen molar-refractivity contribution in [3.63, 3.8) is 0 Å². The molecule has 0 saturated heterocycles. The molecule has 3 aromatic rings. The summed E-state index contributed by atoms with van der Waals surface area (Å²) in [4.78, 5) is 15.2.